The number of hydrogen-bond donors (Lipinski definition) is 5. The fourth-order valence-corrected chi connectivity index (χ4v) is 5.71. The second kappa shape index (κ2) is 8.87. The van der Waals surface area contributed by atoms with Crippen LogP contribution in [0.1, 0.15) is 44.9 Å². The van der Waals surface area contributed by atoms with Crippen LogP contribution in [0, 0.1) is 23.7 Å². The molecule has 4 aliphatic rings. The zero-order valence-electron chi connectivity index (χ0n) is 16.1. The van der Waals surface area contributed by atoms with E-state index >= 15 is 0 Å². The third-order valence-electron chi connectivity index (χ3n) is 7.23. The van der Waals surface area contributed by atoms with E-state index in [1.807, 2.05) is 0 Å². The lowest BCUT2D eigenvalue weighted by molar-refractivity contribution is -0.127. The normalized spacial score (nSPS) is 43.9. The van der Waals surface area contributed by atoms with E-state index in [0.717, 1.165) is 45.1 Å². The molecule has 0 aromatic heterocycles. The summed E-state index contributed by atoms with van der Waals surface area (Å²) in [5.41, 5.74) is 2.75. The summed E-state index contributed by atoms with van der Waals surface area (Å²) in [6.45, 7) is 0.837. The number of piperidine rings is 1. The first kappa shape index (κ1) is 20.4. The minimum atomic E-state index is -2.54. The number of halogens is 2. The predicted molar refractivity (Wildman–Crippen MR) is 98.0 cm³/mol. The first-order valence-electron chi connectivity index (χ1n) is 10.6. The Labute approximate surface area is 164 Å². The summed E-state index contributed by atoms with van der Waals surface area (Å²) < 4.78 is 25.6. The molecular formula is C19H32F2N4O3. The molecule has 2 heterocycles. The van der Waals surface area contributed by atoms with E-state index in [0.29, 0.717) is 18.3 Å². The van der Waals surface area contributed by atoms with Crippen molar-refractivity contribution in [3.63, 3.8) is 0 Å². The summed E-state index contributed by atoms with van der Waals surface area (Å²) in [6, 6.07) is 0.234. The standard InChI is InChI=1S/C19H32F2N4O3/c20-16(21)19-24-17(25-28-19)11-1-3-14-10(7-11)2-4-15(14)23-18(27)12-5-6-22-13(8-12)9-26/h10-17,19,22,24-26H,1-9H2,(H,23,27)/t10?,11?,12?,13?,14?,15-,17?,19?/m1/s1. The van der Waals surface area contributed by atoms with Gasteiger partial charge in [0.2, 0.25) is 5.91 Å². The van der Waals surface area contributed by atoms with Gasteiger partial charge in [-0.3, -0.25) is 14.9 Å². The second-order valence-electron chi connectivity index (χ2n) is 8.88. The number of aliphatic hydroxyl groups excluding tert-OH is 1. The predicted octanol–water partition coefficient (Wildman–Crippen LogP) is 0.700. The minimum absolute atomic E-state index is 0.0157. The van der Waals surface area contributed by atoms with Crippen LogP contribution in [-0.2, 0) is 9.63 Å². The van der Waals surface area contributed by atoms with Gasteiger partial charge in [-0.2, -0.15) is 5.48 Å². The molecule has 0 spiro atoms. The summed E-state index contributed by atoms with van der Waals surface area (Å²) in [5.74, 6) is 1.37. The number of carbonyl (C=O) groups is 1. The molecule has 160 valence electrons. The number of alkyl halides is 2. The molecule has 28 heavy (non-hydrogen) atoms. The molecule has 7 unspecified atom stereocenters. The molecule has 1 amide bonds. The van der Waals surface area contributed by atoms with Gasteiger partial charge in [0.1, 0.15) is 0 Å². The minimum Gasteiger partial charge on any atom is -0.395 e. The Morgan fingerprint density at radius 3 is 2.71 bits per heavy atom. The maximum Gasteiger partial charge on any atom is 0.279 e. The lowest BCUT2D eigenvalue weighted by Gasteiger charge is -2.37. The molecule has 2 saturated heterocycles. The van der Waals surface area contributed by atoms with Crippen LogP contribution in [0.25, 0.3) is 0 Å². The van der Waals surface area contributed by atoms with Crippen molar-refractivity contribution in [3.05, 3.63) is 0 Å². The highest BCUT2D eigenvalue weighted by Gasteiger charge is 2.45. The molecular weight excluding hydrogens is 370 g/mol. The smallest absolute Gasteiger partial charge is 0.279 e. The molecule has 4 fully saturated rings. The van der Waals surface area contributed by atoms with E-state index in [4.69, 9.17) is 4.84 Å². The molecule has 8 atom stereocenters. The first-order valence-corrected chi connectivity index (χ1v) is 10.6. The van der Waals surface area contributed by atoms with Gasteiger partial charge in [0, 0.05) is 18.0 Å². The zero-order chi connectivity index (χ0) is 19.7. The van der Waals surface area contributed by atoms with Crippen molar-refractivity contribution in [1.82, 2.24) is 21.4 Å². The van der Waals surface area contributed by atoms with E-state index < -0.39 is 12.7 Å². The van der Waals surface area contributed by atoms with Gasteiger partial charge < -0.3 is 15.7 Å². The number of carbonyl (C=O) groups excluding carboxylic acids is 1. The van der Waals surface area contributed by atoms with Gasteiger partial charge in [-0.25, -0.2) is 8.78 Å². The average molecular weight is 402 g/mol. The Morgan fingerprint density at radius 2 is 1.96 bits per heavy atom. The average Bonchev–Trinajstić information content (AvgIpc) is 3.35. The van der Waals surface area contributed by atoms with Crippen molar-refractivity contribution in [2.45, 2.75) is 75.8 Å². The first-order chi connectivity index (χ1) is 13.5. The molecule has 0 radical (unpaired) electrons. The maximum atomic E-state index is 12.8. The van der Waals surface area contributed by atoms with Crippen molar-refractivity contribution in [3.8, 4) is 0 Å². The van der Waals surface area contributed by atoms with Gasteiger partial charge >= 0.3 is 0 Å². The highest BCUT2D eigenvalue weighted by molar-refractivity contribution is 5.79. The van der Waals surface area contributed by atoms with Crippen LogP contribution in [0.5, 0.6) is 0 Å². The SMILES string of the molecule is O=C(N[C@@H]1CCC2CC(C3NOC(C(F)F)N3)CCC21)C1CCNC(CO)C1. The maximum absolute atomic E-state index is 12.8. The largest absolute Gasteiger partial charge is 0.395 e. The van der Waals surface area contributed by atoms with Crippen molar-refractivity contribution in [2.24, 2.45) is 23.7 Å². The Kier molecular flexibility index (Phi) is 6.46. The number of amides is 1. The summed E-state index contributed by atoms with van der Waals surface area (Å²) in [4.78, 5) is 17.7. The van der Waals surface area contributed by atoms with Gasteiger partial charge in [0.15, 0.2) is 6.23 Å². The lowest BCUT2D eigenvalue weighted by Crippen LogP contribution is -2.49. The Hall–Kier alpha value is -0.870. The van der Waals surface area contributed by atoms with Crippen molar-refractivity contribution in [2.75, 3.05) is 13.2 Å². The van der Waals surface area contributed by atoms with Gasteiger partial charge in [-0.05, 0) is 69.2 Å². The van der Waals surface area contributed by atoms with Crippen LogP contribution in [0.4, 0.5) is 8.78 Å². The van der Waals surface area contributed by atoms with Crippen molar-refractivity contribution < 1.29 is 23.5 Å². The Balaban J connectivity index is 1.27. The molecule has 7 nitrogen and oxygen atoms in total. The fourth-order valence-electron chi connectivity index (χ4n) is 5.71. The quantitative estimate of drug-likeness (QED) is 0.465. The van der Waals surface area contributed by atoms with E-state index in [1.54, 1.807) is 0 Å². The summed E-state index contributed by atoms with van der Waals surface area (Å²) in [7, 11) is 0. The van der Waals surface area contributed by atoms with Gasteiger partial charge in [-0.15, -0.1) is 0 Å². The number of aliphatic hydroxyl groups is 1. The molecule has 5 N–H and O–H groups in total. The van der Waals surface area contributed by atoms with Crippen molar-refractivity contribution in [1.29, 1.82) is 0 Å². The molecule has 2 aliphatic heterocycles. The Morgan fingerprint density at radius 1 is 1.14 bits per heavy atom. The summed E-state index contributed by atoms with van der Waals surface area (Å²) in [6.07, 6.45) is 2.49. The summed E-state index contributed by atoms with van der Waals surface area (Å²) >= 11 is 0. The lowest BCUT2D eigenvalue weighted by atomic mass is 9.73. The number of hydrogen-bond acceptors (Lipinski definition) is 6. The molecule has 9 heteroatoms. The molecule has 0 aromatic carbocycles. The second-order valence-corrected chi connectivity index (χ2v) is 8.88. The van der Waals surface area contributed by atoms with Crippen LogP contribution >= 0.6 is 0 Å². The molecule has 4 rings (SSSR count). The van der Waals surface area contributed by atoms with E-state index in [2.05, 4.69) is 21.4 Å². The van der Waals surface area contributed by atoms with E-state index in [-0.39, 0.29) is 42.6 Å². The summed E-state index contributed by atoms with van der Waals surface area (Å²) in [5, 5.41) is 18.7. The molecule has 2 aliphatic carbocycles. The monoisotopic (exact) mass is 402 g/mol. The Bertz CT molecular complexity index is 555. The number of nitrogens with one attached hydrogen (secondary N) is 4. The highest BCUT2D eigenvalue weighted by Crippen LogP contribution is 2.45. The topological polar surface area (TPSA) is 94.7 Å². The third-order valence-corrected chi connectivity index (χ3v) is 7.23. The number of hydroxylamine groups is 1. The third kappa shape index (κ3) is 4.33. The van der Waals surface area contributed by atoms with Crippen LogP contribution in [0.3, 0.4) is 0 Å². The molecule has 2 saturated carbocycles. The van der Waals surface area contributed by atoms with Crippen LogP contribution in [-0.4, -0.2) is 55.1 Å². The van der Waals surface area contributed by atoms with Gasteiger partial charge in [0.05, 0.1) is 12.8 Å². The number of rotatable bonds is 5. The van der Waals surface area contributed by atoms with Gasteiger partial charge in [-0.1, -0.05) is 0 Å². The van der Waals surface area contributed by atoms with E-state index in [9.17, 15) is 18.7 Å². The van der Waals surface area contributed by atoms with Crippen molar-refractivity contribution >= 4 is 5.91 Å². The molecule has 0 aromatic rings. The fraction of sp³-hybridized carbons (Fsp3) is 0.947. The number of fused-ring (bicyclic) bond motifs is 1. The van der Waals surface area contributed by atoms with Gasteiger partial charge in [0.25, 0.3) is 6.43 Å². The molecule has 0 bridgehead atoms. The van der Waals surface area contributed by atoms with Crippen LogP contribution in [0.2, 0.25) is 0 Å². The van der Waals surface area contributed by atoms with Crippen LogP contribution in [0.15, 0.2) is 0 Å². The highest BCUT2D eigenvalue weighted by atomic mass is 19.3. The van der Waals surface area contributed by atoms with Crippen LogP contribution < -0.4 is 21.4 Å². The van der Waals surface area contributed by atoms with E-state index in [1.165, 1.54) is 0 Å². The zero-order valence-corrected chi connectivity index (χ0v) is 16.1.